The highest BCUT2D eigenvalue weighted by molar-refractivity contribution is 5.87. The number of amides is 2. The number of methoxy groups -OCH3 is 1. The summed E-state index contributed by atoms with van der Waals surface area (Å²) in [5, 5.41) is 11.5. The molecule has 1 heterocycles. The van der Waals surface area contributed by atoms with Crippen LogP contribution in [0.15, 0.2) is 0 Å². The first-order valence-electron chi connectivity index (χ1n) is 6.26. The third-order valence-electron chi connectivity index (χ3n) is 3.20. The van der Waals surface area contributed by atoms with Crippen LogP contribution in [0.1, 0.15) is 26.7 Å². The van der Waals surface area contributed by atoms with E-state index in [2.05, 4.69) is 10.1 Å². The van der Waals surface area contributed by atoms with Crippen LogP contribution in [0.5, 0.6) is 0 Å². The minimum Gasteiger partial charge on any atom is -0.480 e. The quantitative estimate of drug-likeness (QED) is 0.724. The third-order valence-corrected chi connectivity index (χ3v) is 3.20. The standard InChI is InChI=1S/C12H20N2O5/c1-7(2)9(10(15)16)13-12(18)14-6-4-5-8(14)11(17)19-3/h7-9H,4-6H2,1-3H3,(H,13,18)(H,15,16)/t8?,9-/m1/s1. The molecule has 1 unspecified atom stereocenters. The molecule has 2 atom stereocenters. The average molecular weight is 272 g/mol. The lowest BCUT2D eigenvalue weighted by atomic mass is 10.1. The van der Waals surface area contributed by atoms with E-state index in [1.165, 1.54) is 12.0 Å². The van der Waals surface area contributed by atoms with Crippen LogP contribution in [-0.2, 0) is 14.3 Å². The first-order valence-corrected chi connectivity index (χ1v) is 6.26. The number of nitrogens with zero attached hydrogens (tertiary/aromatic N) is 1. The maximum absolute atomic E-state index is 12.0. The SMILES string of the molecule is COC(=O)C1CCCN1C(=O)N[C@@H](C(=O)O)C(C)C. The van der Waals surface area contributed by atoms with Crippen molar-refractivity contribution in [3.63, 3.8) is 0 Å². The molecule has 2 amide bonds. The van der Waals surface area contributed by atoms with Crippen LogP contribution in [0.4, 0.5) is 4.79 Å². The van der Waals surface area contributed by atoms with Crippen LogP contribution in [0, 0.1) is 5.92 Å². The van der Waals surface area contributed by atoms with Gasteiger partial charge in [0.2, 0.25) is 0 Å². The maximum atomic E-state index is 12.0. The molecule has 1 saturated heterocycles. The number of aliphatic carboxylic acids is 1. The summed E-state index contributed by atoms with van der Waals surface area (Å²) in [6.07, 6.45) is 1.24. The number of carboxylic acid groups (broad SMARTS) is 1. The highest BCUT2D eigenvalue weighted by atomic mass is 16.5. The molecule has 1 aliphatic rings. The summed E-state index contributed by atoms with van der Waals surface area (Å²) in [5.41, 5.74) is 0. The fourth-order valence-corrected chi connectivity index (χ4v) is 2.12. The van der Waals surface area contributed by atoms with Gasteiger partial charge < -0.3 is 20.1 Å². The van der Waals surface area contributed by atoms with Gasteiger partial charge in [0.25, 0.3) is 0 Å². The van der Waals surface area contributed by atoms with Gasteiger partial charge in [-0.1, -0.05) is 13.8 Å². The number of likely N-dealkylation sites (tertiary alicyclic amines) is 1. The van der Waals surface area contributed by atoms with Gasteiger partial charge in [-0.3, -0.25) is 0 Å². The van der Waals surface area contributed by atoms with Crippen molar-refractivity contribution in [2.24, 2.45) is 5.92 Å². The molecule has 19 heavy (non-hydrogen) atoms. The molecule has 0 saturated carbocycles. The zero-order chi connectivity index (χ0) is 14.6. The number of esters is 1. The highest BCUT2D eigenvalue weighted by Gasteiger charge is 2.36. The fourth-order valence-electron chi connectivity index (χ4n) is 2.12. The van der Waals surface area contributed by atoms with Crippen molar-refractivity contribution in [3.8, 4) is 0 Å². The minimum absolute atomic E-state index is 0.236. The lowest BCUT2D eigenvalue weighted by Gasteiger charge is -2.26. The Hall–Kier alpha value is -1.79. The van der Waals surface area contributed by atoms with Gasteiger partial charge in [-0.2, -0.15) is 0 Å². The number of rotatable bonds is 4. The number of carbonyl (C=O) groups is 3. The van der Waals surface area contributed by atoms with Crippen molar-refractivity contribution < 1.29 is 24.2 Å². The lowest BCUT2D eigenvalue weighted by Crippen LogP contribution is -2.52. The van der Waals surface area contributed by atoms with Crippen molar-refractivity contribution >= 4 is 18.0 Å². The normalized spacial score (nSPS) is 20.2. The van der Waals surface area contributed by atoms with Crippen molar-refractivity contribution in [2.45, 2.75) is 38.8 Å². The van der Waals surface area contributed by atoms with Crippen molar-refractivity contribution in [2.75, 3.05) is 13.7 Å². The Morgan fingerprint density at radius 2 is 2.00 bits per heavy atom. The largest absolute Gasteiger partial charge is 0.480 e. The molecular weight excluding hydrogens is 252 g/mol. The van der Waals surface area contributed by atoms with Gasteiger partial charge in [-0.25, -0.2) is 14.4 Å². The predicted molar refractivity (Wildman–Crippen MR) is 66.5 cm³/mol. The van der Waals surface area contributed by atoms with E-state index in [4.69, 9.17) is 5.11 Å². The summed E-state index contributed by atoms with van der Waals surface area (Å²) >= 11 is 0. The first kappa shape index (κ1) is 15.3. The van der Waals surface area contributed by atoms with Gasteiger partial charge in [-0.15, -0.1) is 0 Å². The Balaban J connectivity index is 2.71. The van der Waals surface area contributed by atoms with Crippen molar-refractivity contribution in [1.82, 2.24) is 10.2 Å². The molecule has 0 aliphatic carbocycles. The second kappa shape index (κ2) is 6.40. The van der Waals surface area contributed by atoms with Crippen LogP contribution in [-0.4, -0.2) is 53.7 Å². The molecule has 7 nitrogen and oxygen atoms in total. The Kier molecular flexibility index (Phi) is 5.14. The molecule has 0 aromatic heterocycles. The fraction of sp³-hybridized carbons (Fsp3) is 0.750. The average Bonchev–Trinajstić information content (AvgIpc) is 2.82. The number of carbonyl (C=O) groups excluding carboxylic acids is 2. The summed E-state index contributed by atoms with van der Waals surface area (Å²) in [6.45, 7) is 3.84. The summed E-state index contributed by atoms with van der Waals surface area (Å²) in [5.74, 6) is -1.79. The minimum atomic E-state index is -1.09. The number of hydrogen-bond acceptors (Lipinski definition) is 4. The van der Waals surface area contributed by atoms with E-state index in [1.54, 1.807) is 13.8 Å². The molecule has 0 aromatic rings. The Bertz CT molecular complexity index is 369. The molecule has 108 valence electrons. The monoisotopic (exact) mass is 272 g/mol. The second-order valence-electron chi connectivity index (χ2n) is 4.88. The van der Waals surface area contributed by atoms with E-state index < -0.39 is 30.1 Å². The molecule has 0 aromatic carbocycles. The van der Waals surface area contributed by atoms with Gasteiger partial charge in [0.1, 0.15) is 12.1 Å². The predicted octanol–water partition coefficient (Wildman–Crippen LogP) is 0.443. The zero-order valence-corrected chi connectivity index (χ0v) is 11.4. The number of ether oxygens (including phenoxy) is 1. The van der Waals surface area contributed by atoms with Crippen molar-refractivity contribution in [3.05, 3.63) is 0 Å². The number of carboxylic acids is 1. The summed E-state index contributed by atoms with van der Waals surface area (Å²) in [6, 6.07) is -2.12. The van der Waals surface area contributed by atoms with E-state index >= 15 is 0 Å². The van der Waals surface area contributed by atoms with Crippen LogP contribution in [0.3, 0.4) is 0 Å². The molecule has 0 spiro atoms. The van der Waals surface area contributed by atoms with E-state index in [0.717, 1.165) is 0 Å². The van der Waals surface area contributed by atoms with E-state index in [9.17, 15) is 14.4 Å². The zero-order valence-electron chi connectivity index (χ0n) is 11.4. The van der Waals surface area contributed by atoms with Gasteiger partial charge in [0, 0.05) is 6.54 Å². The number of nitrogens with one attached hydrogen (secondary N) is 1. The Morgan fingerprint density at radius 1 is 1.37 bits per heavy atom. The molecule has 2 N–H and O–H groups in total. The number of urea groups is 1. The molecule has 1 fully saturated rings. The molecule has 1 rings (SSSR count). The van der Waals surface area contributed by atoms with E-state index in [0.29, 0.717) is 19.4 Å². The van der Waals surface area contributed by atoms with Crippen molar-refractivity contribution in [1.29, 1.82) is 0 Å². The first-order chi connectivity index (χ1) is 8.88. The van der Waals surface area contributed by atoms with Crippen LogP contribution < -0.4 is 5.32 Å². The van der Waals surface area contributed by atoms with Gasteiger partial charge in [0.15, 0.2) is 0 Å². The summed E-state index contributed by atoms with van der Waals surface area (Å²) in [7, 11) is 1.27. The van der Waals surface area contributed by atoms with Crippen LogP contribution in [0.25, 0.3) is 0 Å². The second-order valence-corrected chi connectivity index (χ2v) is 4.88. The highest BCUT2D eigenvalue weighted by Crippen LogP contribution is 2.18. The molecular formula is C12H20N2O5. The van der Waals surface area contributed by atoms with Gasteiger partial charge in [-0.05, 0) is 18.8 Å². The Labute approximate surface area is 111 Å². The summed E-state index contributed by atoms with van der Waals surface area (Å²) < 4.78 is 4.64. The van der Waals surface area contributed by atoms with Crippen LogP contribution >= 0.6 is 0 Å². The molecule has 0 radical (unpaired) electrons. The van der Waals surface area contributed by atoms with Gasteiger partial charge in [0.05, 0.1) is 7.11 Å². The van der Waals surface area contributed by atoms with Gasteiger partial charge >= 0.3 is 18.0 Å². The third kappa shape index (κ3) is 3.59. The summed E-state index contributed by atoms with van der Waals surface area (Å²) in [4.78, 5) is 35.9. The Morgan fingerprint density at radius 3 is 2.47 bits per heavy atom. The topological polar surface area (TPSA) is 95.9 Å². The van der Waals surface area contributed by atoms with E-state index in [-0.39, 0.29) is 5.92 Å². The number of hydrogen-bond donors (Lipinski definition) is 2. The lowest BCUT2D eigenvalue weighted by molar-refractivity contribution is -0.144. The molecule has 1 aliphatic heterocycles. The molecule has 7 heteroatoms. The van der Waals surface area contributed by atoms with Crippen LogP contribution in [0.2, 0.25) is 0 Å². The maximum Gasteiger partial charge on any atom is 0.328 e. The smallest absolute Gasteiger partial charge is 0.328 e. The molecule has 0 bridgehead atoms. The van der Waals surface area contributed by atoms with E-state index in [1.807, 2.05) is 0 Å².